The van der Waals surface area contributed by atoms with Gasteiger partial charge in [0, 0.05) is 6.04 Å². The fourth-order valence-electron chi connectivity index (χ4n) is 2.11. The number of carbonyl (C=O) groups is 2. The molecule has 1 saturated carbocycles. The number of benzene rings is 1. The molecule has 6 nitrogen and oxygen atoms in total. The van der Waals surface area contributed by atoms with Crippen LogP contribution in [0.3, 0.4) is 0 Å². The fraction of sp³-hybridized carbons (Fsp3) is 0.235. The van der Waals surface area contributed by atoms with Crippen molar-refractivity contribution in [2.24, 2.45) is 0 Å². The van der Waals surface area contributed by atoms with Gasteiger partial charge in [0.05, 0.1) is 35.3 Å². The van der Waals surface area contributed by atoms with Crippen LogP contribution in [0.5, 0.6) is 0 Å². The van der Waals surface area contributed by atoms with Gasteiger partial charge in [-0.15, -0.1) is 0 Å². The first-order valence-electron chi connectivity index (χ1n) is 7.48. The van der Waals surface area contributed by atoms with Gasteiger partial charge in [0.15, 0.2) is 0 Å². The van der Waals surface area contributed by atoms with E-state index in [2.05, 4.69) is 15.6 Å². The van der Waals surface area contributed by atoms with E-state index in [1.807, 2.05) is 0 Å². The highest BCUT2D eigenvalue weighted by Crippen LogP contribution is 2.27. The number of hydrogen-bond acceptors (Lipinski definition) is 5. The minimum absolute atomic E-state index is 0.172. The van der Waals surface area contributed by atoms with E-state index in [-0.39, 0.29) is 11.9 Å². The van der Waals surface area contributed by atoms with Crippen molar-refractivity contribution in [2.75, 3.05) is 12.4 Å². The van der Waals surface area contributed by atoms with Gasteiger partial charge in [0.25, 0.3) is 5.91 Å². The van der Waals surface area contributed by atoms with Gasteiger partial charge < -0.3 is 15.4 Å². The van der Waals surface area contributed by atoms with Crippen molar-refractivity contribution in [1.82, 2.24) is 10.3 Å². The number of nitrogens with zero attached hydrogens (tertiary/aromatic N) is 1. The van der Waals surface area contributed by atoms with Crippen LogP contribution in [0, 0.1) is 0 Å². The monoisotopic (exact) mass is 345 g/mol. The summed E-state index contributed by atoms with van der Waals surface area (Å²) >= 11 is 6.14. The summed E-state index contributed by atoms with van der Waals surface area (Å²) in [5.74, 6) is -0.616. The number of pyridine rings is 1. The highest BCUT2D eigenvalue weighted by atomic mass is 35.5. The van der Waals surface area contributed by atoms with E-state index in [9.17, 15) is 9.59 Å². The number of hydrogen-bond donors (Lipinski definition) is 2. The second-order valence-electron chi connectivity index (χ2n) is 5.49. The van der Waals surface area contributed by atoms with Crippen LogP contribution in [-0.4, -0.2) is 30.0 Å². The molecule has 1 fully saturated rings. The zero-order chi connectivity index (χ0) is 17.1. The summed E-state index contributed by atoms with van der Waals surface area (Å²) in [4.78, 5) is 27.6. The van der Waals surface area contributed by atoms with Gasteiger partial charge in [-0.25, -0.2) is 9.78 Å². The third-order valence-electron chi connectivity index (χ3n) is 3.58. The Bertz CT molecular complexity index is 773. The van der Waals surface area contributed by atoms with Crippen LogP contribution in [0.15, 0.2) is 36.5 Å². The van der Waals surface area contributed by atoms with Gasteiger partial charge in [-0.3, -0.25) is 4.79 Å². The Morgan fingerprint density at radius 2 is 2.04 bits per heavy atom. The Balaban J connectivity index is 1.73. The van der Waals surface area contributed by atoms with Crippen LogP contribution < -0.4 is 10.6 Å². The summed E-state index contributed by atoms with van der Waals surface area (Å²) in [5.41, 5.74) is 1.96. The number of nitrogens with one attached hydrogen (secondary N) is 2. The fourth-order valence-corrected chi connectivity index (χ4v) is 2.28. The normalized spacial score (nSPS) is 13.2. The van der Waals surface area contributed by atoms with E-state index in [1.165, 1.54) is 7.11 Å². The summed E-state index contributed by atoms with van der Waals surface area (Å²) in [5, 5.41) is 6.41. The number of rotatable bonds is 5. The molecule has 1 aliphatic rings. The Hall–Kier alpha value is -2.60. The number of amides is 1. The van der Waals surface area contributed by atoms with Crippen molar-refractivity contribution in [3.05, 3.63) is 52.8 Å². The van der Waals surface area contributed by atoms with Crippen molar-refractivity contribution < 1.29 is 14.3 Å². The third kappa shape index (κ3) is 3.83. The first-order chi connectivity index (χ1) is 11.6. The molecule has 1 heterocycles. The van der Waals surface area contributed by atoms with Gasteiger partial charge in [-0.1, -0.05) is 11.6 Å². The summed E-state index contributed by atoms with van der Waals surface area (Å²) in [6, 6.07) is 8.46. The second-order valence-corrected chi connectivity index (χ2v) is 5.90. The van der Waals surface area contributed by atoms with E-state index in [0.717, 1.165) is 12.8 Å². The highest BCUT2D eigenvalue weighted by Gasteiger charge is 2.24. The summed E-state index contributed by atoms with van der Waals surface area (Å²) in [7, 11) is 1.32. The average molecular weight is 346 g/mol. The number of anilines is 2. The quantitative estimate of drug-likeness (QED) is 0.814. The number of aromatic nitrogens is 1. The van der Waals surface area contributed by atoms with E-state index in [1.54, 1.807) is 36.5 Å². The molecule has 0 spiro atoms. The first kappa shape index (κ1) is 16.3. The minimum atomic E-state index is -0.445. The predicted molar refractivity (Wildman–Crippen MR) is 90.8 cm³/mol. The van der Waals surface area contributed by atoms with Crippen LogP contribution in [0.4, 0.5) is 11.4 Å². The summed E-state index contributed by atoms with van der Waals surface area (Å²) in [6.07, 6.45) is 3.60. The van der Waals surface area contributed by atoms with Gasteiger partial charge >= 0.3 is 5.97 Å². The standard InChI is InChI=1S/C17H16ClN3O3/c1-24-17(23)10-2-6-13(18)15(8-10)20-12-5-7-14(19-9-12)16(22)21-11-3-4-11/h2,5-9,11,20H,3-4H2,1H3,(H,21,22). The zero-order valence-corrected chi connectivity index (χ0v) is 13.8. The molecule has 0 saturated heterocycles. The molecule has 1 aromatic heterocycles. The molecule has 1 amide bonds. The summed E-state index contributed by atoms with van der Waals surface area (Å²) < 4.78 is 4.69. The Kier molecular flexibility index (Phi) is 4.66. The van der Waals surface area contributed by atoms with E-state index < -0.39 is 5.97 Å². The third-order valence-corrected chi connectivity index (χ3v) is 3.90. The molecule has 24 heavy (non-hydrogen) atoms. The van der Waals surface area contributed by atoms with Gasteiger partial charge in [0.2, 0.25) is 0 Å². The number of esters is 1. The molecular formula is C17H16ClN3O3. The molecular weight excluding hydrogens is 330 g/mol. The van der Waals surface area contributed by atoms with Crippen molar-refractivity contribution in [3.63, 3.8) is 0 Å². The molecule has 0 bridgehead atoms. The van der Waals surface area contributed by atoms with Crippen molar-refractivity contribution in [1.29, 1.82) is 0 Å². The SMILES string of the molecule is COC(=O)c1ccc(Cl)c(Nc2ccc(C(=O)NC3CC3)nc2)c1. The predicted octanol–water partition coefficient (Wildman–Crippen LogP) is 3.16. The lowest BCUT2D eigenvalue weighted by molar-refractivity contribution is 0.0600. The molecule has 0 radical (unpaired) electrons. The molecule has 3 rings (SSSR count). The molecule has 7 heteroatoms. The van der Waals surface area contributed by atoms with E-state index in [0.29, 0.717) is 27.7 Å². The van der Waals surface area contributed by atoms with Crippen LogP contribution >= 0.6 is 11.6 Å². The molecule has 1 aromatic carbocycles. The number of ether oxygens (including phenoxy) is 1. The lowest BCUT2D eigenvalue weighted by Gasteiger charge is -2.10. The molecule has 2 aromatic rings. The van der Waals surface area contributed by atoms with Crippen molar-refractivity contribution in [2.45, 2.75) is 18.9 Å². The van der Waals surface area contributed by atoms with Crippen LogP contribution in [0.25, 0.3) is 0 Å². The maximum Gasteiger partial charge on any atom is 0.337 e. The Morgan fingerprint density at radius 3 is 2.67 bits per heavy atom. The lowest BCUT2D eigenvalue weighted by Crippen LogP contribution is -2.26. The molecule has 0 atom stereocenters. The van der Waals surface area contributed by atoms with E-state index in [4.69, 9.17) is 16.3 Å². The lowest BCUT2D eigenvalue weighted by atomic mass is 10.2. The Labute approximate surface area is 144 Å². The highest BCUT2D eigenvalue weighted by molar-refractivity contribution is 6.33. The van der Waals surface area contributed by atoms with Gasteiger partial charge in [-0.05, 0) is 43.2 Å². The van der Waals surface area contributed by atoms with Crippen LogP contribution in [0.2, 0.25) is 5.02 Å². The Morgan fingerprint density at radius 1 is 1.25 bits per heavy atom. The number of halogens is 1. The maximum atomic E-state index is 11.9. The second kappa shape index (κ2) is 6.88. The molecule has 2 N–H and O–H groups in total. The van der Waals surface area contributed by atoms with Gasteiger partial charge in [-0.2, -0.15) is 0 Å². The number of methoxy groups -OCH3 is 1. The van der Waals surface area contributed by atoms with E-state index >= 15 is 0 Å². The minimum Gasteiger partial charge on any atom is -0.465 e. The first-order valence-corrected chi connectivity index (χ1v) is 7.86. The largest absolute Gasteiger partial charge is 0.465 e. The van der Waals surface area contributed by atoms with Crippen LogP contribution in [0.1, 0.15) is 33.7 Å². The number of carbonyl (C=O) groups excluding carboxylic acids is 2. The molecule has 0 aliphatic heterocycles. The smallest absolute Gasteiger partial charge is 0.337 e. The molecule has 124 valence electrons. The van der Waals surface area contributed by atoms with Crippen molar-refractivity contribution in [3.8, 4) is 0 Å². The molecule has 0 unspecified atom stereocenters. The maximum absolute atomic E-state index is 11.9. The average Bonchev–Trinajstić information content (AvgIpc) is 3.40. The van der Waals surface area contributed by atoms with Gasteiger partial charge in [0.1, 0.15) is 5.69 Å². The zero-order valence-electron chi connectivity index (χ0n) is 13.0. The molecule has 1 aliphatic carbocycles. The van der Waals surface area contributed by atoms with Crippen molar-refractivity contribution >= 4 is 34.9 Å². The summed E-state index contributed by atoms with van der Waals surface area (Å²) in [6.45, 7) is 0. The topological polar surface area (TPSA) is 80.3 Å². The van der Waals surface area contributed by atoms with Crippen LogP contribution in [-0.2, 0) is 4.74 Å².